The van der Waals surface area contributed by atoms with Crippen LogP contribution in [-0.2, 0) is 9.59 Å². The second-order valence-electron chi connectivity index (χ2n) is 8.26. The molecule has 0 radical (unpaired) electrons. The number of fused-ring (bicyclic) bond motifs is 1. The summed E-state index contributed by atoms with van der Waals surface area (Å²) in [6.45, 7) is 8.49. The molecule has 1 aromatic carbocycles. The zero-order valence-corrected chi connectivity index (χ0v) is 15.8. The fourth-order valence-corrected chi connectivity index (χ4v) is 4.93. The highest BCUT2D eigenvalue weighted by molar-refractivity contribution is 6.09. The van der Waals surface area contributed by atoms with Crippen molar-refractivity contribution in [3.8, 4) is 0 Å². The third-order valence-corrected chi connectivity index (χ3v) is 6.35. The first-order valence-electron chi connectivity index (χ1n) is 9.92. The molecule has 3 aliphatic rings. The van der Waals surface area contributed by atoms with Crippen LogP contribution in [0, 0.1) is 31.6 Å². The average molecular weight is 355 g/mol. The van der Waals surface area contributed by atoms with Crippen LogP contribution in [0.2, 0.25) is 0 Å². The molecule has 0 aromatic heterocycles. The highest BCUT2D eigenvalue weighted by atomic mass is 16.2. The van der Waals surface area contributed by atoms with Crippen LogP contribution in [0.1, 0.15) is 30.4 Å². The van der Waals surface area contributed by atoms with Crippen LogP contribution in [0.5, 0.6) is 0 Å². The Morgan fingerprint density at radius 1 is 0.962 bits per heavy atom. The fraction of sp³-hybridized carbons (Fsp3) is 0.619. The van der Waals surface area contributed by atoms with Crippen molar-refractivity contribution >= 4 is 17.5 Å². The second-order valence-corrected chi connectivity index (χ2v) is 8.26. The smallest absolute Gasteiger partial charge is 0.239 e. The zero-order valence-electron chi connectivity index (χ0n) is 15.8. The van der Waals surface area contributed by atoms with Gasteiger partial charge in [0, 0.05) is 25.3 Å². The van der Waals surface area contributed by atoms with E-state index < -0.39 is 5.92 Å². The summed E-state index contributed by atoms with van der Waals surface area (Å²) in [5.41, 5.74) is 3.23. The predicted molar refractivity (Wildman–Crippen MR) is 102 cm³/mol. The molecule has 3 atom stereocenters. The standard InChI is InChI=1S/C21H29N3O2/c1-14-9-15(2)11-18(10-14)24-8-5-19(21(24)26)20(25)23-6-3-16-12-22-13-17(16)4-7-23/h9-11,16-17,19,22H,3-8,12-13H2,1-2H3/t16-,17+,19?. The van der Waals surface area contributed by atoms with Crippen molar-refractivity contribution in [3.63, 3.8) is 0 Å². The van der Waals surface area contributed by atoms with Crippen LogP contribution in [0.25, 0.3) is 0 Å². The van der Waals surface area contributed by atoms with Gasteiger partial charge in [-0.3, -0.25) is 9.59 Å². The van der Waals surface area contributed by atoms with E-state index >= 15 is 0 Å². The molecule has 1 N–H and O–H groups in total. The van der Waals surface area contributed by atoms with E-state index in [1.165, 1.54) is 0 Å². The van der Waals surface area contributed by atoms with Gasteiger partial charge in [0.05, 0.1) is 0 Å². The molecule has 3 heterocycles. The maximum absolute atomic E-state index is 13.1. The third-order valence-electron chi connectivity index (χ3n) is 6.35. The zero-order chi connectivity index (χ0) is 18.3. The van der Waals surface area contributed by atoms with Crippen molar-refractivity contribution in [2.24, 2.45) is 17.8 Å². The van der Waals surface area contributed by atoms with Crippen LogP contribution in [0.3, 0.4) is 0 Å². The number of hydrogen-bond donors (Lipinski definition) is 1. The number of hydrogen-bond acceptors (Lipinski definition) is 3. The number of carbonyl (C=O) groups excluding carboxylic acids is 2. The lowest BCUT2D eigenvalue weighted by atomic mass is 9.92. The molecule has 26 heavy (non-hydrogen) atoms. The van der Waals surface area contributed by atoms with E-state index in [-0.39, 0.29) is 11.8 Å². The minimum Gasteiger partial charge on any atom is -0.342 e. The lowest BCUT2D eigenvalue weighted by Gasteiger charge is -2.24. The molecule has 1 unspecified atom stereocenters. The maximum Gasteiger partial charge on any atom is 0.239 e. The molecule has 5 nitrogen and oxygen atoms in total. The summed E-state index contributed by atoms with van der Waals surface area (Å²) in [5.74, 6) is 0.922. The van der Waals surface area contributed by atoms with Crippen molar-refractivity contribution in [1.29, 1.82) is 0 Å². The highest BCUT2D eigenvalue weighted by Crippen LogP contribution is 2.31. The number of anilines is 1. The van der Waals surface area contributed by atoms with Gasteiger partial charge >= 0.3 is 0 Å². The minimum absolute atomic E-state index is 0.0221. The van der Waals surface area contributed by atoms with Crippen LogP contribution in [-0.4, -0.2) is 49.4 Å². The number of carbonyl (C=O) groups is 2. The lowest BCUT2D eigenvalue weighted by molar-refractivity contribution is -0.139. The monoisotopic (exact) mass is 355 g/mol. The van der Waals surface area contributed by atoms with Crippen LogP contribution >= 0.6 is 0 Å². The van der Waals surface area contributed by atoms with Gasteiger partial charge in [-0.1, -0.05) is 6.07 Å². The fourth-order valence-electron chi connectivity index (χ4n) is 4.93. The number of nitrogens with zero attached hydrogens (tertiary/aromatic N) is 2. The van der Waals surface area contributed by atoms with Gasteiger partial charge in [0.15, 0.2) is 0 Å². The second kappa shape index (κ2) is 7.03. The maximum atomic E-state index is 13.1. The molecular weight excluding hydrogens is 326 g/mol. The molecule has 3 fully saturated rings. The van der Waals surface area contributed by atoms with Gasteiger partial charge in [-0.05, 0) is 81.3 Å². The molecule has 140 valence electrons. The molecule has 3 aliphatic heterocycles. The summed E-state index contributed by atoms with van der Waals surface area (Å²) in [4.78, 5) is 29.8. The first-order valence-corrected chi connectivity index (χ1v) is 9.92. The van der Waals surface area contributed by atoms with Gasteiger partial charge in [-0.15, -0.1) is 0 Å². The van der Waals surface area contributed by atoms with E-state index in [2.05, 4.69) is 11.4 Å². The van der Waals surface area contributed by atoms with Crippen molar-refractivity contribution in [2.45, 2.75) is 33.1 Å². The summed E-state index contributed by atoms with van der Waals surface area (Å²) < 4.78 is 0. The lowest BCUT2D eigenvalue weighted by Crippen LogP contribution is -2.41. The number of amides is 2. The number of benzene rings is 1. The number of nitrogens with one attached hydrogen (secondary N) is 1. The van der Waals surface area contributed by atoms with E-state index in [1.54, 1.807) is 4.90 Å². The third kappa shape index (κ3) is 3.25. The summed E-state index contributed by atoms with van der Waals surface area (Å²) in [6, 6.07) is 6.19. The Hall–Kier alpha value is -1.88. The van der Waals surface area contributed by atoms with E-state index in [4.69, 9.17) is 0 Å². The number of rotatable bonds is 2. The van der Waals surface area contributed by atoms with Crippen molar-refractivity contribution in [2.75, 3.05) is 37.6 Å². The predicted octanol–water partition coefficient (Wildman–Crippen LogP) is 2.11. The molecule has 5 heteroatoms. The largest absolute Gasteiger partial charge is 0.342 e. The molecule has 4 rings (SSSR count). The Labute approximate surface area is 155 Å². The quantitative estimate of drug-likeness (QED) is 0.827. The molecule has 0 bridgehead atoms. The molecule has 1 aromatic rings. The van der Waals surface area contributed by atoms with Gasteiger partial charge in [0.25, 0.3) is 0 Å². The van der Waals surface area contributed by atoms with E-state index in [1.807, 2.05) is 30.9 Å². The Bertz CT molecular complexity index is 683. The normalized spacial score (nSPS) is 29.0. The van der Waals surface area contributed by atoms with Gasteiger partial charge in [0.2, 0.25) is 11.8 Å². The molecule has 0 aliphatic carbocycles. The van der Waals surface area contributed by atoms with Crippen LogP contribution < -0.4 is 10.2 Å². The Balaban J connectivity index is 1.45. The van der Waals surface area contributed by atoms with E-state index in [0.717, 1.165) is 55.8 Å². The number of likely N-dealkylation sites (tertiary alicyclic amines) is 1. The van der Waals surface area contributed by atoms with Crippen molar-refractivity contribution in [3.05, 3.63) is 29.3 Å². The SMILES string of the molecule is Cc1cc(C)cc(N2CCC(C(=O)N3CC[C@@H]4CNC[C@@H]4CC3)C2=O)c1. The molecular formula is C21H29N3O2. The first kappa shape index (κ1) is 17.5. The summed E-state index contributed by atoms with van der Waals surface area (Å²) in [6.07, 6.45) is 2.76. The van der Waals surface area contributed by atoms with Gasteiger partial charge in [0.1, 0.15) is 5.92 Å². The van der Waals surface area contributed by atoms with Gasteiger partial charge in [-0.2, -0.15) is 0 Å². The first-order chi connectivity index (χ1) is 12.5. The Morgan fingerprint density at radius 3 is 2.19 bits per heavy atom. The van der Waals surface area contributed by atoms with Crippen molar-refractivity contribution < 1.29 is 9.59 Å². The minimum atomic E-state index is -0.494. The average Bonchev–Trinajstić information content (AvgIpc) is 3.15. The molecule has 0 saturated carbocycles. The molecule has 2 amide bonds. The van der Waals surface area contributed by atoms with Crippen LogP contribution in [0.4, 0.5) is 5.69 Å². The van der Waals surface area contributed by atoms with Gasteiger partial charge in [-0.25, -0.2) is 0 Å². The van der Waals surface area contributed by atoms with E-state index in [0.29, 0.717) is 24.8 Å². The van der Waals surface area contributed by atoms with Crippen LogP contribution in [0.15, 0.2) is 18.2 Å². The van der Waals surface area contributed by atoms with Crippen molar-refractivity contribution in [1.82, 2.24) is 10.2 Å². The Kier molecular flexibility index (Phi) is 4.74. The topological polar surface area (TPSA) is 52.7 Å². The molecule has 0 spiro atoms. The van der Waals surface area contributed by atoms with E-state index in [9.17, 15) is 9.59 Å². The highest BCUT2D eigenvalue weighted by Gasteiger charge is 2.41. The summed E-state index contributed by atoms with van der Waals surface area (Å²) in [5, 5.41) is 3.47. The van der Waals surface area contributed by atoms with Gasteiger partial charge < -0.3 is 15.1 Å². The summed E-state index contributed by atoms with van der Waals surface area (Å²) in [7, 11) is 0. The summed E-state index contributed by atoms with van der Waals surface area (Å²) >= 11 is 0. The Morgan fingerprint density at radius 2 is 1.58 bits per heavy atom. The molecule has 3 saturated heterocycles. The number of aryl methyl sites for hydroxylation is 2.